The molecular formula is C14H11FO2. The maximum absolute atomic E-state index is 14.0. The minimum Gasteiger partial charge on any atom is -0.497 e. The predicted molar refractivity (Wildman–Crippen MR) is 63.8 cm³/mol. The summed E-state index contributed by atoms with van der Waals surface area (Å²) in [6, 6.07) is 12.0. The number of methoxy groups -OCH3 is 1. The second-order valence-corrected chi connectivity index (χ2v) is 3.56. The summed E-state index contributed by atoms with van der Waals surface area (Å²) in [5, 5.41) is 0. The molecule has 3 heteroatoms. The Bertz CT molecular complexity index is 535. The summed E-state index contributed by atoms with van der Waals surface area (Å²) >= 11 is 0. The molecule has 0 unspecified atom stereocenters. The monoisotopic (exact) mass is 230 g/mol. The average Bonchev–Trinajstić information content (AvgIpc) is 2.40. The lowest BCUT2D eigenvalue weighted by Gasteiger charge is -2.08. The zero-order chi connectivity index (χ0) is 12.3. The quantitative estimate of drug-likeness (QED) is 0.756. The van der Waals surface area contributed by atoms with E-state index in [1.54, 1.807) is 18.2 Å². The van der Waals surface area contributed by atoms with E-state index in [0.717, 1.165) is 0 Å². The highest BCUT2D eigenvalue weighted by Crippen LogP contribution is 2.29. The second-order valence-electron chi connectivity index (χ2n) is 3.56. The molecule has 0 aliphatic rings. The fraction of sp³-hybridized carbons (Fsp3) is 0.0714. The van der Waals surface area contributed by atoms with Crippen LogP contribution in [0.1, 0.15) is 10.4 Å². The summed E-state index contributed by atoms with van der Waals surface area (Å²) in [4.78, 5) is 10.8. The number of hydrogen-bond donors (Lipinski definition) is 0. The predicted octanol–water partition coefficient (Wildman–Crippen LogP) is 3.31. The Balaban J connectivity index is 2.64. The van der Waals surface area contributed by atoms with E-state index in [-0.39, 0.29) is 5.56 Å². The summed E-state index contributed by atoms with van der Waals surface area (Å²) in [6.45, 7) is 0. The van der Waals surface area contributed by atoms with Gasteiger partial charge in [0, 0.05) is 5.56 Å². The van der Waals surface area contributed by atoms with Crippen molar-refractivity contribution in [2.45, 2.75) is 0 Å². The van der Waals surface area contributed by atoms with E-state index in [1.165, 1.54) is 13.2 Å². The van der Waals surface area contributed by atoms with Gasteiger partial charge in [0.05, 0.1) is 12.7 Å². The van der Waals surface area contributed by atoms with Crippen LogP contribution in [-0.2, 0) is 0 Å². The average molecular weight is 230 g/mol. The minimum atomic E-state index is -0.521. The fourth-order valence-electron chi connectivity index (χ4n) is 1.65. The van der Waals surface area contributed by atoms with Crippen LogP contribution in [-0.4, -0.2) is 13.4 Å². The van der Waals surface area contributed by atoms with Crippen molar-refractivity contribution in [1.29, 1.82) is 0 Å². The lowest BCUT2D eigenvalue weighted by molar-refractivity contribution is 0.111. The molecule has 0 aliphatic heterocycles. The highest BCUT2D eigenvalue weighted by molar-refractivity contribution is 5.81. The van der Waals surface area contributed by atoms with Crippen molar-refractivity contribution in [3.63, 3.8) is 0 Å². The largest absolute Gasteiger partial charge is 0.497 e. The Kier molecular flexibility index (Phi) is 3.19. The van der Waals surface area contributed by atoms with Crippen LogP contribution in [0.15, 0.2) is 42.5 Å². The Morgan fingerprint density at radius 3 is 2.47 bits per heavy atom. The van der Waals surface area contributed by atoms with Crippen molar-refractivity contribution in [3.8, 4) is 16.9 Å². The van der Waals surface area contributed by atoms with Gasteiger partial charge in [-0.05, 0) is 17.7 Å². The first kappa shape index (κ1) is 11.3. The number of rotatable bonds is 3. The summed E-state index contributed by atoms with van der Waals surface area (Å²) in [5.74, 6) is -0.0562. The number of hydrogen-bond acceptors (Lipinski definition) is 2. The third-order valence-electron chi connectivity index (χ3n) is 2.52. The van der Waals surface area contributed by atoms with Gasteiger partial charge in [0.2, 0.25) is 0 Å². The number of carbonyl (C=O) groups excluding carboxylic acids is 1. The standard InChI is InChI=1S/C14H11FO2/c1-17-12-7-11(9-16)14(15)13(8-12)10-5-3-2-4-6-10/h2-9H,1H3. The molecule has 0 atom stereocenters. The Morgan fingerprint density at radius 1 is 1.18 bits per heavy atom. The summed E-state index contributed by atoms with van der Waals surface area (Å²) in [7, 11) is 1.48. The number of carbonyl (C=O) groups is 1. The molecule has 2 rings (SSSR count). The van der Waals surface area contributed by atoms with Gasteiger partial charge in [-0.3, -0.25) is 4.79 Å². The molecular weight excluding hydrogens is 219 g/mol. The van der Waals surface area contributed by atoms with Crippen molar-refractivity contribution in [2.24, 2.45) is 0 Å². The highest BCUT2D eigenvalue weighted by atomic mass is 19.1. The maximum atomic E-state index is 14.0. The Labute approximate surface area is 98.7 Å². The van der Waals surface area contributed by atoms with E-state index < -0.39 is 5.82 Å². The van der Waals surface area contributed by atoms with Gasteiger partial charge in [0.15, 0.2) is 6.29 Å². The molecule has 0 saturated carbocycles. The van der Waals surface area contributed by atoms with Gasteiger partial charge < -0.3 is 4.74 Å². The van der Waals surface area contributed by atoms with E-state index in [1.807, 2.05) is 18.2 Å². The maximum Gasteiger partial charge on any atom is 0.153 e. The second kappa shape index (κ2) is 4.78. The van der Waals surface area contributed by atoms with E-state index in [9.17, 15) is 9.18 Å². The topological polar surface area (TPSA) is 26.3 Å². The Morgan fingerprint density at radius 2 is 1.88 bits per heavy atom. The molecule has 17 heavy (non-hydrogen) atoms. The molecule has 0 aromatic heterocycles. The van der Waals surface area contributed by atoms with Gasteiger partial charge in [-0.15, -0.1) is 0 Å². The smallest absolute Gasteiger partial charge is 0.153 e. The van der Waals surface area contributed by atoms with Crippen LogP contribution in [0.5, 0.6) is 5.75 Å². The van der Waals surface area contributed by atoms with Gasteiger partial charge in [0.25, 0.3) is 0 Å². The highest BCUT2D eigenvalue weighted by Gasteiger charge is 2.12. The molecule has 0 fully saturated rings. The van der Waals surface area contributed by atoms with Crippen LogP contribution in [0.2, 0.25) is 0 Å². The molecule has 0 N–H and O–H groups in total. The van der Waals surface area contributed by atoms with Crippen molar-refractivity contribution in [2.75, 3.05) is 7.11 Å². The normalized spacial score (nSPS) is 10.0. The third kappa shape index (κ3) is 2.18. The van der Waals surface area contributed by atoms with E-state index >= 15 is 0 Å². The molecule has 0 bridgehead atoms. The van der Waals surface area contributed by atoms with Crippen LogP contribution in [0, 0.1) is 5.82 Å². The van der Waals surface area contributed by atoms with E-state index in [4.69, 9.17) is 4.74 Å². The first-order valence-electron chi connectivity index (χ1n) is 5.14. The Hall–Kier alpha value is -2.16. The van der Waals surface area contributed by atoms with Gasteiger partial charge in [-0.25, -0.2) is 4.39 Å². The van der Waals surface area contributed by atoms with Crippen LogP contribution < -0.4 is 4.74 Å². The number of aldehydes is 1. The first-order chi connectivity index (χ1) is 8.26. The molecule has 0 aliphatic carbocycles. The molecule has 0 heterocycles. The fourth-order valence-corrected chi connectivity index (χ4v) is 1.65. The van der Waals surface area contributed by atoms with Gasteiger partial charge in [0.1, 0.15) is 11.6 Å². The van der Waals surface area contributed by atoms with Crippen molar-refractivity contribution in [1.82, 2.24) is 0 Å². The van der Waals surface area contributed by atoms with Gasteiger partial charge in [-0.1, -0.05) is 30.3 Å². The molecule has 2 aromatic rings. The molecule has 0 saturated heterocycles. The van der Waals surface area contributed by atoms with Crippen molar-refractivity contribution >= 4 is 6.29 Å². The number of benzene rings is 2. The summed E-state index contributed by atoms with van der Waals surface area (Å²) < 4.78 is 19.0. The molecule has 0 spiro atoms. The molecule has 0 amide bonds. The molecule has 0 radical (unpaired) electrons. The van der Waals surface area contributed by atoms with Crippen LogP contribution in [0.3, 0.4) is 0 Å². The summed E-state index contributed by atoms with van der Waals surface area (Å²) in [6.07, 6.45) is 0.490. The summed E-state index contributed by atoms with van der Waals surface area (Å²) in [5.41, 5.74) is 1.09. The number of ether oxygens (including phenoxy) is 1. The molecule has 86 valence electrons. The van der Waals surface area contributed by atoms with E-state index in [0.29, 0.717) is 23.2 Å². The zero-order valence-electron chi connectivity index (χ0n) is 9.31. The van der Waals surface area contributed by atoms with Crippen LogP contribution in [0.4, 0.5) is 4.39 Å². The molecule has 2 aromatic carbocycles. The SMILES string of the molecule is COc1cc(C=O)c(F)c(-c2ccccc2)c1. The zero-order valence-corrected chi connectivity index (χ0v) is 9.31. The van der Waals surface area contributed by atoms with Crippen LogP contribution >= 0.6 is 0 Å². The lowest BCUT2D eigenvalue weighted by Crippen LogP contribution is -1.94. The minimum absolute atomic E-state index is 0.00297. The van der Waals surface area contributed by atoms with Gasteiger partial charge in [-0.2, -0.15) is 0 Å². The number of halogens is 1. The third-order valence-corrected chi connectivity index (χ3v) is 2.52. The van der Waals surface area contributed by atoms with Crippen LogP contribution in [0.25, 0.3) is 11.1 Å². The van der Waals surface area contributed by atoms with Crippen molar-refractivity contribution < 1.29 is 13.9 Å². The first-order valence-corrected chi connectivity index (χ1v) is 5.14. The van der Waals surface area contributed by atoms with Crippen molar-refractivity contribution in [3.05, 3.63) is 53.8 Å². The van der Waals surface area contributed by atoms with Gasteiger partial charge >= 0.3 is 0 Å². The lowest BCUT2D eigenvalue weighted by atomic mass is 10.0. The van der Waals surface area contributed by atoms with E-state index in [2.05, 4.69) is 0 Å². The molecule has 2 nitrogen and oxygen atoms in total.